The maximum absolute atomic E-state index is 13.4. The second kappa shape index (κ2) is 6.90. The van der Waals surface area contributed by atoms with Crippen molar-refractivity contribution in [2.45, 2.75) is 50.0 Å². The van der Waals surface area contributed by atoms with Gasteiger partial charge in [0.2, 0.25) is 5.91 Å². The lowest BCUT2D eigenvalue weighted by Gasteiger charge is -2.35. The summed E-state index contributed by atoms with van der Waals surface area (Å²) in [6.45, 7) is 2.81. The molecule has 2 fully saturated rings. The highest BCUT2D eigenvalue weighted by Crippen LogP contribution is 2.48. The Labute approximate surface area is 154 Å². The van der Waals surface area contributed by atoms with Gasteiger partial charge in [0.25, 0.3) is 0 Å². The number of nitrogens with one attached hydrogen (secondary N) is 1. The molecule has 2 heterocycles. The number of nitrogens with zero attached hydrogens (tertiary/aromatic N) is 1. The van der Waals surface area contributed by atoms with Crippen molar-refractivity contribution in [1.29, 1.82) is 0 Å². The number of fused-ring (bicyclic) bond motifs is 2. The molecule has 2 atom stereocenters. The van der Waals surface area contributed by atoms with Gasteiger partial charge in [-0.2, -0.15) is 0 Å². The molecule has 25 heavy (non-hydrogen) atoms. The van der Waals surface area contributed by atoms with E-state index in [0.717, 1.165) is 68.9 Å². The first kappa shape index (κ1) is 17.3. The van der Waals surface area contributed by atoms with Crippen LogP contribution in [0.15, 0.2) is 18.2 Å². The molecule has 1 aliphatic carbocycles. The van der Waals surface area contributed by atoms with Crippen molar-refractivity contribution >= 4 is 23.2 Å². The number of hydrogen-bond acceptors (Lipinski definition) is 3. The molecule has 1 aromatic rings. The van der Waals surface area contributed by atoms with Gasteiger partial charge in [-0.25, -0.2) is 0 Å². The lowest BCUT2D eigenvalue weighted by Crippen LogP contribution is -2.46. The van der Waals surface area contributed by atoms with Crippen LogP contribution in [-0.4, -0.2) is 38.8 Å². The first-order valence-electron chi connectivity index (χ1n) is 9.48. The third-order valence-electron chi connectivity index (χ3n) is 6.42. The molecular formula is C20H27ClN2O2. The summed E-state index contributed by atoms with van der Waals surface area (Å²) < 4.78 is 5.53. The molecule has 2 aliphatic heterocycles. The Kier molecular flexibility index (Phi) is 4.78. The van der Waals surface area contributed by atoms with E-state index in [9.17, 15) is 4.79 Å². The third kappa shape index (κ3) is 3.09. The second-order valence-electron chi connectivity index (χ2n) is 7.84. The lowest BCUT2D eigenvalue weighted by atomic mass is 9.75. The van der Waals surface area contributed by atoms with Gasteiger partial charge in [-0.15, -0.1) is 0 Å². The van der Waals surface area contributed by atoms with E-state index in [0.29, 0.717) is 0 Å². The van der Waals surface area contributed by atoms with Crippen LogP contribution in [0, 0.1) is 5.92 Å². The molecule has 1 N–H and O–H groups in total. The molecule has 4 rings (SSSR count). The van der Waals surface area contributed by atoms with Gasteiger partial charge in [0.15, 0.2) is 0 Å². The average molecular weight is 363 g/mol. The van der Waals surface area contributed by atoms with Gasteiger partial charge < -0.3 is 15.0 Å². The number of amides is 1. The van der Waals surface area contributed by atoms with Gasteiger partial charge in [-0.1, -0.05) is 18.0 Å². The minimum atomic E-state index is 0.0659. The van der Waals surface area contributed by atoms with E-state index in [1.807, 2.05) is 12.1 Å². The van der Waals surface area contributed by atoms with E-state index >= 15 is 0 Å². The van der Waals surface area contributed by atoms with Crippen molar-refractivity contribution in [3.05, 3.63) is 28.8 Å². The summed E-state index contributed by atoms with van der Waals surface area (Å²) in [5.74, 6) is 0.361. The Morgan fingerprint density at radius 1 is 1.32 bits per heavy atom. The third-order valence-corrected chi connectivity index (χ3v) is 6.65. The number of halogens is 1. The summed E-state index contributed by atoms with van der Waals surface area (Å²) in [7, 11) is 1.76. The summed E-state index contributed by atoms with van der Waals surface area (Å²) in [6, 6.07) is 6.05. The van der Waals surface area contributed by atoms with Crippen LogP contribution < -0.4 is 10.2 Å². The Morgan fingerprint density at radius 3 is 2.88 bits per heavy atom. The van der Waals surface area contributed by atoms with Crippen molar-refractivity contribution in [3.8, 4) is 0 Å². The van der Waals surface area contributed by atoms with Crippen LogP contribution >= 0.6 is 11.6 Å². The fourth-order valence-electron chi connectivity index (χ4n) is 4.97. The molecule has 0 bridgehead atoms. The number of ether oxygens (including phenoxy) is 1. The predicted molar refractivity (Wildman–Crippen MR) is 100 cm³/mol. The first-order valence-corrected chi connectivity index (χ1v) is 9.86. The first-order chi connectivity index (χ1) is 12.1. The van der Waals surface area contributed by atoms with E-state index in [-0.39, 0.29) is 23.3 Å². The highest BCUT2D eigenvalue weighted by atomic mass is 35.5. The zero-order valence-electron chi connectivity index (χ0n) is 14.9. The minimum absolute atomic E-state index is 0.0659. The zero-order valence-corrected chi connectivity index (χ0v) is 15.6. The monoisotopic (exact) mass is 362 g/mol. The van der Waals surface area contributed by atoms with Gasteiger partial charge in [0.1, 0.15) is 0 Å². The maximum Gasteiger partial charge on any atom is 0.230 e. The molecule has 4 nitrogen and oxygen atoms in total. The van der Waals surface area contributed by atoms with E-state index in [2.05, 4.69) is 16.3 Å². The molecule has 1 aromatic carbocycles. The van der Waals surface area contributed by atoms with Crippen molar-refractivity contribution < 1.29 is 9.53 Å². The van der Waals surface area contributed by atoms with Crippen molar-refractivity contribution in [3.63, 3.8) is 0 Å². The zero-order chi connectivity index (χ0) is 17.4. The quantitative estimate of drug-likeness (QED) is 0.875. The molecule has 0 radical (unpaired) electrons. The Hall–Kier alpha value is -1.10. The predicted octanol–water partition coefficient (Wildman–Crippen LogP) is 3.51. The van der Waals surface area contributed by atoms with Crippen LogP contribution in [0.5, 0.6) is 0 Å². The van der Waals surface area contributed by atoms with Crippen LogP contribution in [0.3, 0.4) is 0 Å². The molecule has 136 valence electrons. The summed E-state index contributed by atoms with van der Waals surface area (Å²) in [5, 5.41) is 4.22. The van der Waals surface area contributed by atoms with Crippen LogP contribution in [0.25, 0.3) is 0 Å². The van der Waals surface area contributed by atoms with Gasteiger partial charge in [0.05, 0.1) is 6.10 Å². The molecule has 5 heteroatoms. The molecule has 1 spiro atoms. The van der Waals surface area contributed by atoms with E-state index < -0.39 is 0 Å². The van der Waals surface area contributed by atoms with E-state index in [1.54, 1.807) is 7.11 Å². The van der Waals surface area contributed by atoms with Gasteiger partial charge in [-0.3, -0.25) is 4.79 Å². The number of rotatable bonds is 2. The van der Waals surface area contributed by atoms with Gasteiger partial charge in [0, 0.05) is 35.7 Å². The molecular weight excluding hydrogens is 336 g/mol. The fourth-order valence-corrected chi connectivity index (χ4v) is 5.15. The summed E-state index contributed by atoms with van der Waals surface area (Å²) in [4.78, 5) is 15.4. The van der Waals surface area contributed by atoms with Crippen molar-refractivity contribution in [2.24, 2.45) is 5.92 Å². The summed E-state index contributed by atoms with van der Waals surface area (Å²) in [5.41, 5.74) is 2.42. The minimum Gasteiger partial charge on any atom is -0.381 e. The normalized spacial score (nSPS) is 28.2. The van der Waals surface area contributed by atoms with Crippen LogP contribution in [-0.2, 0) is 14.9 Å². The summed E-state index contributed by atoms with van der Waals surface area (Å²) in [6.07, 6.45) is 6.33. The van der Waals surface area contributed by atoms with Gasteiger partial charge >= 0.3 is 0 Å². The van der Waals surface area contributed by atoms with E-state index in [1.165, 1.54) is 5.56 Å². The van der Waals surface area contributed by atoms with Crippen LogP contribution in [0.1, 0.15) is 44.1 Å². The molecule has 1 amide bonds. The van der Waals surface area contributed by atoms with Crippen molar-refractivity contribution in [1.82, 2.24) is 5.32 Å². The Balaban J connectivity index is 1.64. The SMILES string of the molecule is COC1CCCC(C(=O)N2CC3(CCNCC3)c3cc(Cl)ccc32)C1. The Morgan fingerprint density at radius 2 is 2.12 bits per heavy atom. The van der Waals surface area contributed by atoms with Crippen LogP contribution in [0.2, 0.25) is 5.02 Å². The van der Waals surface area contributed by atoms with E-state index in [4.69, 9.17) is 16.3 Å². The lowest BCUT2D eigenvalue weighted by molar-refractivity contribution is -0.125. The number of methoxy groups -OCH3 is 1. The number of benzene rings is 1. The number of hydrogen-bond donors (Lipinski definition) is 1. The number of carbonyl (C=O) groups excluding carboxylic acids is 1. The standard InChI is InChI=1S/C20H27ClN2O2/c1-25-16-4-2-3-14(11-16)19(24)23-13-20(7-9-22-10-8-20)17-12-15(21)5-6-18(17)23/h5-6,12,14,16,22H,2-4,7-11,13H2,1H3. The van der Waals surface area contributed by atoms with Crippen molar-refractivity contribution in [2.75, 3.05) is 31.6 Å². The van der Waals surface area contributed by atoms with Crippen LogP contribution in [0.4, 0.5) is 5.69 Å². The Bertz CT molecular complexity index is 657. The highest BCUT2D eigenvalue weighted by Gasteiger charge is 2.46. The molecule has 1 saturated heterocycles. The average Bonchev–Trinajstić information content (AvgIpc) is 2.95. The molecule has 1 saturated carbocycles. The maximum atomic E-state index is 13.4. The summed E-state index contributed by atoms with van der Waals surface area (Å²) >= 11 is 6.30. The molecule has 2 unspecified atom stereocenters. The number of carbonyl (C=O) groups is 1. The fraction of sp³-hybridized carbons (Fsp3) is 0.650. The number of anilines is 1. The smallest absolute Gasteiger partial charge is 0.230 e. The molecule has 0 aromatic heterocycles. The second-order valence-corrected chi connectivity index (χ2v) is 8.27. The number of piperidine rings is 1. The largest absolute Gasteiger partial charge is 0.381 e. The molecule has 3 aliphatic rings. The topological polar surface area (TPSA) is 41.6 Å². The van der Waals surface area contributed by atoms with Gasteiger partial charge in [-0.05, 0) is 69.0 Å². The highest BCUT2D eigenvalue weighted by molar-refractivity contribution is 6.30.